The van der Waals surface area contributed by atoms with Gasteiger partial charge in [-0.2, -0.15) is 0 Å². The molecule has 114 valence electrons. The van der Waals surface area contributed by atoms with Crippen molar-refractivity contribution in [2.75, 3.05) is 19.6 Å². The molecule has 3 nitrogen and oxygen atoms in total. The number of rotatable bonds is 4. The normalized spacial score (nSPS) is 21.4. The number of halogens is 1. The summed E-state index contributed by atoms with van der Waals surface area (Å²) in [4.78, 5) is 14.2. The lowest BCUT2D eigenvalue weighted by atomic mass is 10.1. The number of benzene rings is 1. The number of hydrogen-bond acceptors (Lipinski definition) is 2. The third-order valence-electron chi connectivity index (χ3n) is 4.62. The number of aryl methyl sites for hydroxylation is 1. The molecule has 1 amide bonds. The number of piperidine rings is 1. The molecule has 0 spiro atoms. The van der Waals surface area contributed by atoms with Gasteiger partial charge in [-0.25, -0.2) is 0 Å². The molecule has 21 heavy (non-hydrogen) atoms. The Morgan fingerprint density at radius 3 is 2.90 bits per heavy atom. The molecule has 4 heteroatoms. The lowest BCUT2D eigenvalue weighted by Crippen LogP contribution is -2.37. The van der Waals surface area contributed by atoms with E-state index in [9.17, 15) is 4.79 Å². The summed E-state index contributed by atoms with van der Waals surface area (Å²) in [7, 11) is 0. The zero-order valence-corrected chi connectivity index (χ0v) is 14.0. The molecule has 2 aliphatic rings. The summed E-state index contributed by atoms with van der Waals surface area (Å²) >= 11 is 3.53. The fourth-order valence-electron chi connectivity index (χ4n) is 3.45. The molecule has 1 heterocycles. The van der Waals surface area contributed by atoms with Crippen LogP contribution in [0.3, 0.4) is 0 Å². The van der Waals surface area contributed by atoms with Gasteiger partial charge >= 0.3 is 0 Å². The van der Waals surface area contributed by atoms with Gasteiger partial charge in [0.1, 0.15) is 0 Å². The quantitative estimate of drug-likeness (QED) is 0.902. The van der Waals surface area contributed by atoms with Crippen molar-refractivity contribution in [3.05, 3.63) is 33.8 Å². The number of nitrogens with one attached hydrogen (secondary N) is 1. The van der Waals surface area contributed by atoms with Gasteiger partial charge in [0.05, 0.1) is 0 Å². The monoisotopic (exact) mass is 350 g/mol. The molecule has 0 bridgehead atoms. The van der Waals surface area contributed by atoms with Crippen molar-refractivity contribution in [3.8, 4) is 0 Å². The van der Waals surface area contributed by atoms with Gasteiger partial charge in [-0.1, -0.05) is 22.0 Å². The second-order valence-corrected chi connectivity index (χ2v) is 7.00. The lowest BCUT2D eigenvalue weighted by Gasteiger charge is -2.27. The zero-order valence-electron chi connectivity index (χ0n) is 12.4. The minimum Gasteiger partial charge on any atom is -0.343 e. The van der Waals surface area contributed by atoms with Gasteiger partial charge in [0.15, 0.2) is 0 Å². The molecule has 1 aliphatic heterocycles. The molecule has 0 aromatic heterocycles. The van der Waals surface area contributed by atoms with E-state index >= 15 is 0 Å². The van der Waals surface area contributed by atoms with E-state index in [1.807, 2.05) is 4.90 Å². The fraction of sp³-hybridized carbons (Fsp3) is 0.588. The minimum atomic E-state index is 0.316. The van der Waals surface area contributed by atoms with Crippen LogP contribution in [0.25, 0.3) is 0 Å². The number of carbonyl (C=O) groups is 1. The molecular formula is C17H23BrN2O. The van der Waals surface area contributed by atoms with Crippen LogP contribution in [0.2, 0.25) is 0 Å². The largest absolute Gasteiger partial charge is 0.343 e. The molecule has 1 unspecified atom stereocenters. The highest BCUT2D eigenvalue weighted by Gasteiger charge is 2.22. The van der Waals surface area contributed by atoms with Gasteiger partial charge < -0.3 is 10.2 Å². The summed E-state index contributed by atoms with van der Waals surface area (Å²) in [5.41, 5.74) is 2.84. The van der Waals surface area contributed by atoms with Gasteiger partial charge in [-0.15, -0.1) is 0 Å². The van der Waals surface area contributed by atoms with E-state index < -0.39 is 0 Å². The smallest absolute Gasteiger partial charge is 0.223 e. The standard InChI is InChI=1S/C17H23BrN2O/c18-14-5-6-15-13(12-14)4-7-16(15)19-9-8-17(21)20-10-2-1-3-11-20/h5-6,12,16,19H,1-4,7-11H2. The molecule has 1 aliphatic carbocycles. The second-order valence-electron chi connectivity index (χ2n) is 6.08. The molecule has 3 rings (SSSR count). The Hall–Kier alpha value is -0.870. The summed E-state index contributed by atoms with van der Waals surface area (Å²) in [6, 6.07) is 6.95. The fourth-order valence-corrected chi connectivity index (χ4v) is 3.86. The van der Waals surface area contributed by atoms with Crippen LogP contribution in [0.1, 0.15) is 49.3 Å². The predicted molar refractivity (Wildman–Crippen MR) is 88.3 cm³/mol. The summed E-state index contributed by atoms with van der Waals surface area (Å²) < 4.78 is 1.15. The number of carbonyl (C=O) groups excluding carboxylic acids is 1. The SMILES string of the molecule is O=C(CCNC1CCc2cc(Br)ccc21)N1CCCCC1. The van der Waals surface area contributed by atoms with Crippen LogP contribution in [0.5, 0.6) is 0 Å². The summed E-state index contributed by atoms with van der Waals surface area (Å²) in [5, 5.41) is 3.56. The molecular weight excluding hydrogens is 328 g/mol. The third-order valence-corrected chi connectivity index (χ3v) is 5.11. The molecule has 1 aromatic rings. The number of likely N-dealkylation sites (tertiary alicyclic amines) is 1. The van der Waals surface area contributed by atoms with Gasteiger partial charge in [0.2, 0.25) is 5.91 Å². The van der Waals surface area contributed by atoms with Crippen LogP contribution >= 0.6 is 15.9 Å². The van der Waals surface area contributed by atoms with Crippen LogP contribution in [0, 0.1) is 0 Å². The summed E-state index contributed by atoms with van der Waals surface area (Å²) in [5.74, 6) is 0.316. The predicted octanol–water partition coefficient (Wildman–Crippen LogP) is 3.43. The number of fused-ring (bicyclic) bond motifs is 1. The Bertz CT molecular complexity index is 512. The van der Waals surface area contributed by atoms with Crippen molar-refractivity contribution < 1.29 is 4.79 Å². The number of nitrogens with zero attached hydrogens (tertiary/aromatic N) is 1. The molecule has 1 atom stereocenters. The average Bonchev–Trinajstić information content (AvgIpc) is 2.90. The second kappa shape index (κ2) is 6.93. The molecule has 1 aromatic carbocycles. The Balaban J connectivity index is 1.47. The molecule has 0 radical (unpaired) electrons. The van der Waals surface area contributed by atoms with Crippen molar-refractivity contribution in [2.24, 2.45) is 0 Å². The Labute approximate surface area is 135 Å². The van der Waals surface area contributed by atoms with Crippen LogP contribution in [0.15, 0.2) is 22.7 Å². The van der Waals surface area contributed by atoms with Crippen molar-refractivity contribution in [1.29, 1.82) is 0 Å². The van der Waals surface area contributed by atoms with Gasteiger partial charge in [0.25, 0.3) is 0 Å². The van der Waals surface area contributed by atoms with Crippen molar-refractivity contribution in [1.82, 2.24) is 10.2 Å². The lowest BCUT2D eigenvalue weighted by molar-refractivity contribution is -0.132. The van der Waals surface area contributed by atoms with E-state index in [1.54, 1.807) is 0 Å². The molecule has 0 saturated carbocycles. The van der Waals surface area contributed by atoms with Gasteiger partial charge in [0, 0.05) is 36.6 Å². The van der Waals surface area contributed by atoms with Gasteiger partial charge in [-0.3, -0.25) is 4.79 Å². The maximum absolute atomic E-state index is 12.1. The van der Waals surface area contributed by atoms with Crippen LogP contribution < -0.4 is 5.32 Å². The van der Waals surface area contributed by atoms with E-state index in [4.69, 9.17) is 0 Å². The van der Waals surface area contributed by atoms with E-state index in [1.165, 1.54) is 30.4 Å². The van der Waals surface area contributed by atoms with E-state index in [-0.39, 0.29) is 0 Å². The first kappa shape index (κ1) is 15.0. The van der Waals surface area contributed by atoms with Crippen molar-refractivity contribution in [2.45, 2.75) is 44.6 Å². The Morgan fingerprint density at radius 2 is 2.10 bits per heavy atom. The van der Waals surface area contributed by atoms with E-state index in [2.05, 4.69) is 39.4 Å². The number of amides is 1. The Morgan fingerprint density at radius 1 is 1.29 bits per heavy atom. The molecule has 1 saturated heterocycles. The topological polar surface area (TPSA) is 32.3 Å². The van der Waals surface area contributed by atoms with Crippen LogP contribution in [-0.4, -0.2) is 30.4 Å². The highest BCUT2D eigenvalue weighted by atomic mass is 79.9. The van der Waals surface area contributed by atoms with Crippen molar-refractivity contribution >= 4 is 21.8 Å². The first-order chi connectivity index (χ1) is 10.2. The minimum absolute atomic E-state index is 0.316. The first-order valence-corrected chi connectivity index (χ1v) is 8.83. The highest BCUT2D eigenvalue weighted by molar-refractivity contribution is 9.10. The third kappa shape index (κ3) is 3.67. The van der Waals surface area contributed by atoms with Crippen LogP contribution in [0.4, 0.5) is 0 Å². The maximum atomic E-state index is 12.1. The summed E-state index contributed by atoms with van der Waals surface area (Å²) in [6.45, 7) is 2.70. The first-order valence-electron chi connectivity index (χ1n) is 8.03. The molecule has 1 N–H and O–H groups in total. The van der Waals surface area contributed by atoms with E-state index in [0.717, 1.165) is 36.9 Å². The summed E-state index contributed by atoms with van der Waals surface area (Å²) in [6.07, 6.45) is 6.52. The molecule has 1 fully saturated rings. The Kier molecular flexibility index (Phi) is 4.96. The number of hydrogen-bond donors (Lipinski definition) is 1. The zero-order chi connectivity index (χ0) is 14.7. The maximum Gasteiger partial charge on any atom is 0.223 e. The average molecular weight is 351 g/mol. The van der Waals surface area contributed by atoms with Crippen molar-refractivity contribution in [3.63, 3.8) is 0 Å². The van der Waals surface area contributed by atoms with E-state index in [0.29, 0.717) is 18.4 Å². The van der Waals surface area contributed by atoms with Gasteiger partial charge in [-0.05, 0) is 55.4 Å². The van der Waals surface area contributed by atoms with Crippen LogP contribution in [-0.2, 0) is 11.2 Å². The highest BCUT2D eigenvalue weighted by Crippen LogP contribution is 2.32.